The van der Waals surface area contributed by atoms with Gasteiger partial charge in [-0.05, 0) is 29.7 Å². The Morgan fingerprint density at radius 1 is 1.06 bits per heavy atom. The largest absolute Gasteiger partial charge is 0.325 e. The van der Waals surface area contributed by atoms with Crippen molar-refractivity contribution in [3.8, 4) is 5.69 Å². The maximum Gasteiger partial charge on any atom is 0.262 e. The van der Waals surface area contributed by atoms with Gasteiger partial charge >= 0.3 is 0 Å². The zero-order valence-electron chi connectivity index (χ0n) is 16.6. The molecule has 7 nitrogen and oxygen atoms in total. The molecule has 158 valence electrons. The number of anilines is 1. The summed E-state index contributed by atoms with van der Waals surface area (Å²) in [4.78, 5) is 32.3. The molecule has 0 aliphatic carbocycles. The topological polar surface area (TPSA) is 92.7 Å². The van der Waals surface area contributed by atoms with Gasteiger partial charge in [-0.1, -0.05) is 65.8 Å². The molecule has 0 fully saturated rings. The molecule has 5 aromatic rings. The summed E-state index contributed by atoms with van der Waals surface area (Å²) in [5.41, 5.74) is 1.51. The highest BCUT2D eigenvalue weighted by atomic mass is 35.5. The summed E-state index contributed by atoms with van der Waals surface area (Å²) in [5.74, 6) is -0.111. The van der Waals surface area contributed by atoms with Crippen LogP contribution in [0.3, 0.4) is 0 Å². The first-order valence-corrected chi connectivity index (χ1v) is 11.1. The molecule has 0 saturated heterocycles. The number of halogens is 1. The van der Waals surface area contributed by atoms with Crippen LogP contribution in [0.15, 0.2) is 82.9 Å². The zero-order chi connectivity index (χ0) is 22.1. The second-order valence-electron chi connectivity index (χ2n) is 7.01. The van der Waals surface area contributed by atoms with Crippen molar-refractivity contribution < 1.29 is 4.79 Å². The van der Waals surface area contributed by atoms with Crippen molar-refractivity contribution in [2.24, 2.45) is 0 Å². The third-order valence-corrected chi connectivity index (χ3v) is 5.98. The first-order chi connectivity index (χ1) is 15.6. The van der Waals surface area contributed by atoms with Crippen molar-refractivity contribution >= 4 is 56.8 Å². The van der Waals surface area contributed by atoms with Crippen LogP contribution < -0.4 is 10.9 Å². The Hall–Kier alpha value is -3.62. The second kappa shape index (κ2) is 8.49. The highest BCUT2D eigenvalue weighted by molar-refractivity contribution is 7.99. The molecule has 2 N–H and O–H groups in total. The van der Waals surface area contributed by atoms with Gasteiger partial charge in [0.2, 0.25) is 5.91 Å². The minimum absolute atomic E-state index is 0.0863. The number of carbonyl (C=O) groups excluding carboxylic acids is 1. The van der Waals surface area contributed by atoms with Crippen molar-refractivity contribution in [1.82, 2.24) is 19.7 Å². The lowest BCUT2D eigenvalue weighted by molar-refractivity contribution is -0.113. The van der Waals surface area contributed by atoms with Gasteiger partial charge in [-0.3, -0.25) is 9.59 Å². The van der Waals surface area contributed by atoms with E-state index in [-0.39, 0.29) is 17.2 Å². The highest BCUT2D eigenvalue weighted by Gasteiger charge is 2.14. The van der Waals surface area contributed by atoms with E-state index < -0.39 is 0 Å². The van der Waals surface area contributed by atoms with Crippen LogP contribution in [0.4, 0.5) is 5.69 Å². The number of hydrogen-bond acceptors (Lipinski definition) is 5. The Labute approximate surface area is 191 Å². The number of aromatic amines is 1. The molecule has 3 aromatic carbocycles. The number of nitrogens with one attached hydrogen (secondary N) is 2. The van der Waals surface area contributed by atoms with Crippen LogP contribution in [0.2, 0.25) is 5.02 Å². The predicted octanol–water partition coefficient (Wildman–Crippen LogP) is 4.65. The summed E-state index contributed by atoms with van der Waals surface area (Å²) in [6.45, 7) is 0. The summed E-state index contributed by atoms with van der Waals surface area (Å²) >= 11 is 7.23. The van der Waals surface area contributed by atoms with Crippen LogP contribution in [0, 0.1) is 0 Å². The predicted molar refractivity (Wildman–Crippen MR) is 128 cm³/mol. The SMILES string of the molecule is O=C(CSc1nc2c(cnn2-c2cccc(Cl)c2)c(=O)[nH]1)Nc1cccc2ccccc12. The van der Waals surface area contributed by atoms with Crippen LogP contribution in [0.25, 0.3) is 27.5 Å². The summed E-state index contributed by atoms with van der Waals surface area (Å²) < 4.78 is 1.55. The minimum atomic E-state index is -0.319. The van der Waals surface area contributed by atoms with Crippen molar-refractivity contribution in [3.63, 3.8) is 0 Å². The third-order valence-electron chi connectivity index (χ3n) is 4.87. The van der Waals surface area contributed by atoms with E-state index in [1.165, 1.54) is 6.20 Å². The van der Waals surface area contributed by atoms with Gasteiger partial charge in [-0.25, -0.2) is 9.67 Å². The Morgan fingerprint density at radius 3 is 2.75 bits per heavy atom. The minimum Gasteiger partial charge on any atom is -0.325 e. The van der Waals surface area contributed by atoms with E-state index in [9.17, 15) is 9.59 Å². The van der Waals surface area contributed by atoms with E-state index in [4.69, 9.17) is 11.6 Å². The van der Waals surface area contributed by atoms with E-state index in [1.54, 1.807) is 22.9 Å². The average Bonchev–Trinajstić information content (AvgIpc) is 3.23. The quantitative estimate of drug-likeness (QED) is 0.293. The number of aromatic nitrogens is 4. The monoisotopic (exact) mass is 461 g/mol. The van der Waals surface area contributed by atoms with Crippen LogP contribution >= 0.6 is 23.4 Å². The van der Waals surface area contributed by atoms with Gasteiger partial charge in [0.05, 0.1) is 17.6 Å². The molecule has 2 heterocycles. The molecular weight excluding hydrogens is 446 g/mol. The lowest BCUT2D eigenvalue weighted by Gasteiger charge is -2.08. The van der Waals surface area contributed by atoms with Crippen LogP contribution in [-0.2, 0) is 4.79 Å². The molecule has 0 saturated carbocycles. The summed E-state index contributed by atoms with van der Waals surface area (Å²) in [6, 6.07) is 20.7. The lowest BCUT2D eigenvalue weighted by atomic mass is 10.1. The molecule has 0 aliphatic heterocycles. The van der Waals surface area contributed by atoms with Crippen molar-refractivity contribution in [3.05, 3.63) is 88.3 Å². The zero-order valence-corrected chi connectivity index (χ0v) is 18.2. The first-order valence-electron chi connectivity index (χ1n) is 9.73. The number of thioether (sulfide) groups is 1. The van der Waals surface area contributed by atoms with E-state index in [1.807, 2.05) is 48.5 Å². The van der Waals surface area contributed by atoms with Crippen LogP contribution in [0.5, 0.6) is 0 Å². The summed E-state index contributed by atoms with van der Waals surface area (Å²) in [5, 5.41) is 10.5. The fraction of sp³-hybridized carbons (Fsp3) is 0.0435. The number of nitrogens with zero attached hydrogens (tertiary/aromatic N) is 3. The van der Waals surface area contributed by atoms with Gasteiger partial charge in [0.1, 0.15) is 5.39 Å². The van der Waals surface area contributed by atoms with Gasteiger partial charge in [0.15, 0.2) is 10.8 Å². The number of amides is 1. The van der Waals surface area contributed by atoms with Gasteiger partial charge in [0.25, 0.3) is 5.56 Å². The number of carbonyl (C=O) groups is 1. The Kier molecular flexibility index (Phi) is 5.38. The third kappa shape index (κ3) is 3.98. The number of hydrogen-bond donors (Lipinski definition) is 2. The Bertz CT molecular complexity index is 1520. The van der Waals surface area contributed by atoms with Gasteiger partial charge in [-0.2, -0.15) is 5.10 Å². The molecule has 0 unspecified atom stereocenters. The van der Waals surface area contributed by atoms with Gasteiger partial charge < -0.3 is 10.3 Å². The van der Waals surface area contributed by atoms with E-state index >= 15 is 0 Å². The molecule has 1 amide bonds. The maximum absolute atomic E-state index is 12.6. The molecule has 0 radical (unpaired) electrons. The molecule has 2 aromatic heterocycles. The molecule has 5 rings (SSSR count). The molecule has 0 aliphatic rings. The van der Waals surface area contributed by atoms with Crippen LogP contribution in [0.1, 0.15) is 0 Å². The second-order valence-corrected chi connectivity index (χ2v) is 8.41. The van der Waals surface area contributed by atoms with Crippen LogP contribution in [-0.4, -0.2) is 31.4 Å². The number of benzene rings is 3. The fourth-order valence-electron chi connectivity index (χ4n) is 3.42. The average molecular weight is 462 g/mol. The van der Waals surface area contributed by atoms with E-state index in [0.29, 0.717) is 26.9 Å². The molecule has 0 atom stereocenters. The van der Waals surface area contributed by atoms with E-state index in [0.717, 1.165) is 28.2 Å². The summed E-state index contributed by atoms with van der Waals surface area (Å²) in [6.07, 6.45) is 1.46. The molecular formula is C23H16ClN5O2S. The number of H-pyrrole nitrogens is 1. The normalized spacial score (nSPS) is 11.2. The number of rotatable bonds is 5. The lowest BCUT2D eigenvalue weighted by Crippen LogP contribution is -2.16. The fourth-order valence-corrected chi connectivity index (χ4v) is 4.26. The molecule has 9 heteroatoms. The first kappa shape index (κ1) is 20.3. The molecule has 0 spiro atoms. The van der Waals surface area contributed by atoms with Crippen molar-refractivity contribution in [2.45, 2.75) is 5.16 Å². The summed E-state index contributed by atoms with van der Waals surface area (Å²) in [7, 11) is 0. The van der Waals surface area contributed by atoms with E-state index in [2.05, 4.69) is 20.4 Å². The molecule has 32 heavy (non-hydrogen) atoms. The Balaban J connectivity index is 1.38. The molecule has 0 bridgehead atoms. The van der Waals surface area contributed by atoms with Gasteiger partial charge in [0, 0.05) is 16.1 Å². The van der Waals surface area contributed by atoms with Crippen molar-refractivity contribution in [2.75, 3.05) is 11.1 Å². The number of fused-ring (bicyclic) bond motifs is 2. The standard InChI is InChI=1S/C23H16ClN5O2S/c24-15-7-4-8-16(11-15)29-21-18(12-25-29)22(31)28-23(27-21)32-13-20(30)26-19-10-3-6-14-5-1-2-9-17(14)19/h1-12H,13H2,(H,26,30)(H,27,28,31). The smallest absolute Gasteiger partial charge is 0.262 e. The highest BCUT2D eigenvalue weighted by Crippen LogP contribution is 2.24. The van der Waals surface area contributed by atoms with Crippen molar-refractivity contribution in [1.29, 1.82) is 0 Å². The maximum atomic E-state index is 12.6. The Morgan fingerprint density at radius 2 is 1.88 bits per heavy atom. The van der Waals surface area contributed by atoms with Gasteiger partial charge in [-0.15, -0.1) is 0 Å².